The maximum absolute atomic E-state index is 2.40. The zero-order valence-electron chi connectivity index (χ0n) is 10.3. The molecule has 1 aromatic heterocycles. The van der Waals surface area contributed by atoms with Crippen LogP contribution in [0.2, 0.25) is 0 Å². The van der Waals surface area contributed by atoms with Crippen molar-refractivity contribution in [3.63, 3.8) is 0 Å². The van der Waals surface area contributed by atoms with Crippen molar-refractivity contribution in [3.05, 3.63) is 22.4 Å². The molecule has 0 N–H and O–H groups in total. The first-order chi connectivity index (χ1) is 7.18. The largest absolute Gasteiger partial charge is 0.152 e. The summed E-state index contributed by atoms with van der Waals surface area (Å²) in [6.07, 6.45) is 6.83. The SMILES string of the molecule is CC(C)CCCC(C)CCc1ccsc1. The molecule has 0 aliphatic carbocycles. The number of aryl methyl sites for hydroxylation is 1. The average Bonchev–Trinajstić information content (AvgIpc) is 2.66. The van der Waals surface area contributed by atoms with E-state index in [0.29, 0.717) is 0 Å². The standard InChI is InChI=1S/C14H24S/c1-12(2)5-4-6-13(3)7-8-14-9-10-15-11-14/h9-13H,4-8H2,1-3H3. The highest BCUT2D eigenvalue weighted by molar-refractivity contribution is 7.07. The van der Waals surface area contributed by atoms with Gasteiger partial charge in [0.25, 0.3) is 0 Å². The van der Waals surface area contributed by atoms with Gasteiger partial charge in [-0.3, -0.25) is 0 Å². The van der Waals surface area contributed by atoms with Gasteiger partial charge in [-0.15, -0.1) is 0 Å². The molecule has 1 heterocycles. The monoisotopic (exact) mass is 224 g/mol. The van der Waals surface area contributed by atoms with E-state index >= 15 is 0 Å². The molecule has 0 bridgehead atoms. The van der Waals surface area contributed by atoms with E-state index in [-0.39, 0.29) is 0 Å². The summed E-state index contributed by atoms with van der Waals surface area (Å²) in [5, 5.41) is 4.46. The molecule has 0 amide bonds. The van der Waals surface area contributed by atoms with E-state index in [9.17, 15) is 0 Å². The molecule has 0 saturated heterocycles. The van der Waals surface area contributed by atoms with Gasteiger partial charge in [0.2, 0.25) is 0 Å². The summed E-state index contributed by atoms with van der Waals surface area (Å²) in [4.78, 5) is 0. The smallest absolute Gasteiger partial charge is 0.00613 e. The average molecular weight is 224 g/mol. The second-order valence-electron chi connectivity index (χ2n) is 5.10. The van der Waals surface area contributed by atoms with E-state index < -0.39 is 0 Å². The molecule has 0 aliphatic heterocycles. The second-order valence-corrected chi connectivity index (χ2v) is 5.88. The van der Waals surface area contributed by atoms with Gasteiger partial charge in [0, 0.05) is 0 Å². The summed E-state index contributed by atoms with van der Waals surface area (Å²) in [5.74, 6) is 1.76. The number of hydrogen-bond donors (Lipinski definition) is 0. The molecule has 1 heteroatoms. The highest BCUT2D eigenvalue weighted by Crippen LogP contribution is 2.18. The first-order valence-electron chi connectivity index (χ1n) is 6.19. The number of thiophene rings is 1. The topological polar surface area (TPSA) is 0 Å². The van der Waals surface area contributed by atoms with E-state index in [1.807, 2.05) is 11.3 Å². The Balaban J connectivity index is 2.06. The minimum Gasteiger partial charge on any atom is -0.152 e. The Morgan fingerprint density at radius 1 is 1.13 bits per heavy atom. The van der Waals surface area contributed by atoms with Crippen LogP contribution in [-0.2, 0) is 6.42 Å². The van der Waals surface area contributed by atoms with Crippen LogP contribution in [0.25, 0.3) is 0 Å². The molecule has 1 atom stereocenters. The Labute approximate surface area is 98.7 Å². The summed E-state index contributed by atoms with van der Waals surface area (Å²) in [6, 6.07) is 2.26. The fraction of sp³-hybridized carbons (Fsp3) is 0.714. The normalized spacial score (nSPS) is 13.3. The van der Waals surface area contributed by atoms with Gasteiger partial charge in [0.05, 0.1) is 0 Å². The Morgan fingerprint density at radius 2 is 1.93 bits per heavy atom. The lowest BCUT2D eigenvalue weighted by Crippen LogP contribution is -1.98. The molecule has 1 rings (SSSR count). The van der Waals surface area contributed by atoms with Gasteiger partial charge < -0.3 is 0 Å². The lowest BCUT2D eigenvalue weighted by molar-refractivity contribution is 0.437. The van der Waals surface area contributed by atoms with Crippen LogP contribution in [-0.4, -0.2) is 0 Å². The molecule has 0 aromatic carbocycles. The Morgan fingerprint density at radius 3 is 2.53 bits per heavy atom. The fourth-order valence-corrected chi connectivity index (χ4v) is 2.57. The number of hydrogen-bond acceptors (Lipinski definition) is 1. The Kier molecular flexibility index (Phi) is 6.00. The third kappa shape index (κ3) is 5.99. The lowest BCUT2D eigenvalue weighted by atomic mass is 9.95. The van der Waals surface area contributed by atoms with Crippen LogP contribution in [0.15, 0.2) is 16.8 Å². The summed E-state index contributed by atoms with van der Waals surface area (Å²) in [7, 11) is 0. The van der Waals surface area contributed by atoms with Crippen molar-refractivity contribution >= 4 is 11.3 Å². The predicted octanol–water partition coefficient (Wildman–Crippen LogP) is 5.14. The van der Waals surface area contributed by atoms with Gasteiger partial charge in [0.15, 0.2) is 0 Å². The van der Waals surface area contributed by atoms with Crippen molar-refractivity contribution in [2.45, 2.75) is 52.9 Å². The van der Waals surface area contributed by atoms with E-state index in [2.05, 4.69) is 37.6 Å². The van der Waals surface area contributed by atoms with Crippen LogP contribution in [0.5, 0.6) is 0 Å². The third-order valence-corrected chi connectivity index (χ3v) is 3.72. The Bertz CT molecular complexity index is 236. The summed E-state index contributed by atoms with van der Waals surface area (Å²) < 4.78 is 0. The van der Waals surface area contributed by atoms with Crippen LogP contribution in [0, 0.1) is 11.8 Å². The zero-order valence-corrected chi connectivity index (χ0v) is 11.1. The van der Waals surface area contributed by atoms with Crippen LogP contribution in [0.4, 0.5) is 0 Å². The van der Waals surface area contributed by atoms with Crippen LogP contribution in [0.1, 0.15) is 52.0 Å². The number of rotatable bonds is 7. The highest BCUT2D eigenvalue weighted by atomic mass is 32.1. The minimum absolute atomic E-state index is 0.870. The van der Waals surface area contributed by atoms with E-state index in [0.717, 1.165) is 11.8 Å². The predicted molar refractivity (Wildman–Crippen MR) is 70.5 cm³/mol. The quantitative estimate of drug-likeness (QED) is 0.601. The summed E-state index contributed by atoms with van der Waals surface area (Å²) in [5.41, 5.74) is 1.52. The lowest BCUT2D eigenvalue weighted by Gasteiger charge is -2.11. The molecule has 0 aliphatic rings. The van der Waals surface area contributed by atoms with Gasteiger partial charge in [-0.25, -0.2) is 0 Å². The van der Waals surface area contributed by atoms with E-state index in [1.54, 1.807) is 0 Å². The first kappa shape index (κ1) is 12.8. The second kappa shape index (κ2) is 7.05. The van der Waals surface area contributed by atoms with Gasteiger partial charge in [-0.2, -0.15) is 11.3 Å². The van der Waals surface area contributed by atoms with Crippen molar-refractivity contribution in [1.29, 1.82) is 0 Å². The van der Waals surface area contributed by atoms with Gasteiger partial charge in [-0.05, 0) is 47.1 Å². The van der Waals surface area contributed by atoms with Gasteiger partial charge >= 0.3 is 0 Å². The van der Waals surface area contributed by atoms with E-state index in [4.69, 9.17) is 0 Å². The molecule has 0 fully saturated rings. The molecule has 0 spiro atoms. The fourth-order valence-electron chi connectivity index (χ4n) is 1.87. The first-order valence-corrected chi connectivity index (χ1v) is 7.14. The third-order valence-electron chi connectivity index (χ3n) is 2.98. The molecular weight excluding hydrogens is 200 g/mol. The molecule has 0 radical (unpaired) electrons. The molecule has 1 aromatic rings. The Hall–Kier alpha value is -0.300. The molecule has 15 heavy (non-hydrogen) atoms. The van der Waals surface area contributed by atoms with Crippen LogP contribution >= 0.6 is 11.3 Å². The van der Waals surface area contributed by atoms with Crippen molar-refractivity contribution < 1.29 is 0 Å². The molecular formula is C14H24S. The van der Waals surface area contributed by atoms with Crippen LogP contribution < -0.4 is 0 Å². The van der Waals surface area contributed by atoms with E-state index in [1.165, 1.54) is 37.7 Å². The maximum atomic E-state index is 2.40. The molecule has 86 valence electrons. The maximum Gasteiger partial charge on any atom is -0.00613 e. The van der Waals surface area contributed by atoms with Crippen molar-refractivity contribution in [2.24, 2.45) is 11.8 Å². The van der Waals surface area contributed by atoms with Crippen molar-refractivity contribution in [3.8, 4) is 0 Å². The molecule has 1 unspecified atom stereocenters. The minimum atomic E-state index is 0.870. The highest BCUT2D eigenvalue weighted by Gasteiger charge is 2.03. The summed E-state index contributed by atoms with van der Waals surface area (Å²) in [6.45, 7) is 7.03. The van der Waals surface area contributed by atoms with Gasteiger partial charge in [-0.1, -0.05) is 40.0 Å². The summed E-state index contributed by atoms with van der Waals surface area (Å²) >= 11 is 1.81. The van der Waals surface area contributed by atoms with Crippen molar-refractivity contribution in [1.82, 2.24) is 0 Å². The van der Waals surface area contributed by atoms with Crippen molar-refractivity contribution in [2.75, 3.05) is 0 Å². The zero-order chi connectivity index (χ0) is 11.1. The van der Waals surface area contributed by atoms with Crippen LogP contribution in [0.3, 0.4) is 0 Å². The molecule has 0 saturated carbocycles. The molecule has 0 nitrogen and oxygen atoms in total. The van der Waals surface area contributed by atoms with Gasteiger partial charge in [0.1, 0.15) is 0 Å².